The minimum Gasteiger partial charge on any atom is -0.495 e. The molecule has 0 aliphatic rings. The number of halogens is 1. The van der Waals surface area contributed by atoms with E-state index in [9.17, 15) is 0 Å². The van der Waals surface area contributed by atoms with Crippen LogP contribution >= 0.6 is 11.6 Å². The van der Waals surface area contributed by atoms with E-state index in [1.54, 1.807) is 24.1 Å². The van der Waals surface area contributed by atoms with Crippen LogP contribution in [0.4, 0.5) is 5.82 Å². The summed E-state index contributed by atoms with van der Waals surface area (Å²) in [5, 5.41) is 19.2. The zero-order chi connectivity index (χ0) is 31.2. The van der Waals surface area contributed by atoms with Gasteiger partial charge in [0.15, 0.2) is 11.0 Å². The van der Waals surface area contributed by atoms with Crippen molar-refractivity contribution in [1.82, 2.24) is 29.9 Å². The number of benzene rings is 2. The van der Waals surface area contributed by atoms with E-state index in [4.69, 9.17) is 20.8 Å². The number of ether oxygens (including phenoxy) is 1. The van der Waals surface area contributed by atoms with E-state index in [2.05, 4.69) is 125 Å². The quantitative estimate of drug-likeness (QED) is 0.166. The molecule has 0 unspecified atom stereocenters. The Labute approximate surface area is 265 Å². The summed E-state index contributed by atoms with van der Waals surface area (Å²) < 4.78 is 14.5. The van der Waals surface area contributed by atoms with Gasteiger partial charge in [-0.25, -0.2) is 9.97 Å². The van der Waals surface area contributed by atoms with Gasteiger partial charge in [-0.15, -0.1) is 10.2 Å². The summed E-state index contributed by atoms with van der Waals surface area (Å²) in [6, 6.07) is 23.2. The minimum absolute atomic E-state index is 0.0880. The number of fused-ring (bicyclic) bond motifs is 1. The Kier molecular flexibility index (Phi) is 9.92. The number of hydrogen-bond acceptors (Lipinski definition) is 8. The Morgan fingerprint density at radius 3 is 2.27 bits per heavy atom. The Morgan fingerprint density at radius 1 is 0.977 bits per heavy atom. The second-order valence-electron chi connectivity index (χ2n) is 11.8. The molecule has 44 heavy (non-hydrogen) atoms. The number of hydrogen-bond donors (Lipinski definition) is 1. The van der Waals surface area contributed by atoms with Crippen LogP contribution < -0.4 is 20.4 Å². The first-order chi connectivity index (χ1) is 21.3. The third-order valence-electron chi connectivity index (χ3n) is 7.88. The van der Waals surface area contributed by atoms with Gasteiger partial charge >= 0.3 is 0 Å². The summed E-state index contributed by atoms with van der Waals surface area (Å²) in [6.07, 6.45) is 7.25. The van der Waals surface area contributed by atoms with E-state index in [1.807, 2.05) is 0 Å². The molecule has 1 radical (unpaired) electrons. The predicted molar refractivity (Wildman–Crippen MR) is 177 cm³/mol. The molecule has 0 spiro atoms. The molecule has 5 rings (SSSR count). The molecule has 0 saturated carbocycles. The maximum Gasteiger partial charge on any atom is 0.261 e. The molecule has 0 aliphatic carbocycles. The average molecular weight is 629 g/mol. The molecular formula is C33H39ClN7O2Si. The van der Waals surface area contributed by atoms with Crippen molar-refractivity contribution < 1.29 is 9.16 Å². The number of methoxy groups -OCH3 is 1. The molecule has 0 aliphatic heterocycles. The zero-order valence-corrected chi connectivity index (χ0v) is 27.7. The van der Waals surface area contributed by atoms with E-state index in [0.717, 1.165) is 24.8 Å². The average Bonchev–Trinajstić information content (AvgIpc) is 3.44. The fourth-order valence-corrected chi connectivity index (χ4v) is 10.6. The van der Waals surface area contributed by atoms with Gasteiger partial charge in [0.05, 0.1) is 19.9 Å². The fourth-order valence-electron chi connectivity index (χ4n) is 5.86. The van der Waals surface area contributed by atoms with E-state index < -0.39 is 8.32 Å². The van der Waals surface area contributed by atoms with Crippen molar-refractivity contribution in [3.8, 4) is 5.75 Å². The first kappa shape index (κ1) is 31.6. The van der Waals surface area contributed by atoms with Crippen molar-refractivity contribution in [2.45, 2.75) is 64.6 Å². The Hall–Kier alpha value is -3.86. The lowest BCUT2D eigenvalue weighted by atomic mass is 10.1. The molecule has 11 heteroatoms. The molecule has 1 N–H and O–H groups in total. The van der Waals surface area contributed by atoms with Gasteiger partial charge in [-0.3, -0.25) is 4.68 Å². The lowest BCUT2D eigenvalue weighted by Gasteiger charge is -2.43. The van der Waals surface area contributed by atoms with Crippen LogP contribution in [0.2, 0.25) is 10.2 Å². The lowest BCUT2D eigenvalue weighted by Crippen LogP contribution is -2.66. The largest absolute Gasteiger partial charge is 0.495 e. The van der Waals surface area contributed by atoms with E-state index >= 15 is 0 Å². The molecule has 0 amide bonds. The van der Waals surface area contributed by atoms with Crippen molar-refractivity contribution in [3.05, 3.63) is 90.1 Å². The van der Waals surface area contributed by atoms with Crippen LogP contribution in [0.3, 0.4) is 0 Å². The summed E-state index contributed by atoms with van der Waals surface area (Å²) in [5.41, 5.74) is 2.04. The molecule has 1 atom stereocenters. The van der Waals surface area contributed by atoms with Gasteiger partial charge in [0.25, 0.3) is 8.32 Å². The van der Waals surface area contributed by atoms with Gasteiger partial charge in [-0.1, -0.05) is 106 Å². The first-order valence-corrected chi connectivity index (χ1v) is 17.2. The Morgan fingerprint density at radius 2 is 1.66 bits per heavy atom. The highest BCUT2D eigenvalue weighted by atomic mass is 35.5. The molecule has 229 valence electrons. The first-order valence-electron chi connectivity index (χ1n) is 14.9. The van der Waals surface area contributed by atoms with Gasteiger partial charge in [-0.2, -0.15) is 5.10 Å². The highest BCUT2D eigenvalue weighted by Crippen LogP contribution is 2.37. The molecule has 0 bridgehead atoms. The molecule has 3 heterocycles. The molecular weight excluding hydrogens is 590 g/mol. The van der Waals surface area contributed by atoms with Crippen molar-refractivity contribution >= 4 is 47.1 Å². The van der Waals surface area contributed by atoms with E-state index in [0.29, 0.717) is 35.9 Å². The number of nitrogens with zero attached hydrogens (tertiary/aromatic N) is 6. The summed E-state index contributed by atoms with van der Waals surface area (Å²) >= 11 is 6.03. The monoisotopic (exact) mass is 628 g/mol. The van der Waals surface area contributed by atoms with Crippen LogP contribution in [0.1, 0.15) is 52.7 Å². The van der Waals surface area contributed by atoms with Gasteiger partial charge in [0.2, 0.25) is 6.33 Å². The van der Waals surface area contributed by atoms with Gasteiger partial charge in [-0.05, 0) is 28.3 Å². The summed E-state index contributed by atoms with van der Waals surface area (Å²) in [6.45, 7) is 10.0. The third kappa shape index (κ3) is 6.62. The van der Waals surface area contributed by atoms with Crippen LogP contribution in [-0.2, 0) is 11.0 Å². The molecule has 0 fully saturated rings. The van der Waals surface area contributed by atoms with Crippen LogP contribution in [0, 0.1) is 6.33 Å². The van der Waals surface area contributed by atoms with Crippen molar-refractivity contribution in [1.29, 1.82) is 0 Å². The summed E-state index contributed by atoms with van der Waals surface area (Å²) in [4.78, 5) is 8.86. The Bertz CT molecular complexity index is 1620. The lowest BCUT2D eigenvalue weighted by molar-refractivity contribution is 0.281. The van der Waals surface area contributed by atoms with Crippen LogP contribution in [0.15, 0.2) is 72.9 Å². The van der Waals surface area contributed by atoms with Gasteiger partial charge in [0, 0.05) is 18.7 Å². The number of nitrogens with one attached hydrogen (secondary N) is 1. The number of rotatable bonds is 13. The highest BCUT2D eigenvalue weighted by molar-refractivity contribution is 6.99. The van der Waals surface area contributed by atoms with Crippen LogP contribution in [0.5, 0.6) is 5.75 Å². The normalized spacial score (nSPS) is 12.8. The molecule has 0 saturated heterocycles. The minimum atomic E-state index is -2.64. The van der Waals surface area contributed by atoms with Gasteiger partial charge in [0.1, 0.15) is 22.5 Å². The number of anilines is 1. The number of aromatic nitrogens is 6. The van der Waals surface area contributed by atoms with Crippen molar-refractivity contribution in [2.24, 2.45) is 0 Å². The van der Waals surface area contributed by atoms with E-state index in [-0.39, 0.29) is 16.2 Å². The van der Waals surface area contributed by atoms with Crippen LogP contribution in [-0.4, -0.2) is 58.0 Å². The fraction of sp³-hybridized carbons (Fsp3) is 0.364. The predicted octanol–water partition coefficient (Wildman–Crippen LogP) is 5.67. The maximum atomic E-state index is 7.19. The van der Waals surface area contributed by atoms with E-state index in [1.165, 1.54) is 10.4 Å². The molecule has 2 aromatic carbocycles. The molecule has 9 nitrogen and oxygen atoms in total. The SMILES string of the molecule is CCC[C@@H](CCO[Si](c1ccccc1)(c1ccccc1)C(C)(C)C)Nc1n[c]nc2cnn(Cc3nnc(Cl)cc3OC)c12. The van der Waals surface area contributed by atoms with Crippen molar-refractivity contribution in [2.75, 3.05) is 19.0 Å². The maximum absolute atomic E-state index is 7.19. The van der Waals surface area contributed by atoms with Crippen molar-refractivity contribution in [3.63, 3.8) is 0 Å². The Balaban J connectivity index is 1.41. The second-order valence-corrected chi connectivity index (χ2v) is 16.5. The van der Waals surface area contributed by atoms with Crippen LogP contribution in [0.25, 0.3) is 11.0 Å². The molecule has 5 aromatic rings. The highest BCUT2D eigenvalue weighted by Gasteiger charge is 2.50. The topological polar surface area (TPSA) is 99.9 Å². The molecule has 3 aromatic heterocycles. The van der Waals surface area contributed by atoms with Gasteiger partial charge < -0.3 is 14.5 Å². The third-order valence-corrected chi connectivity index (χ3v) is 13.1. The standard InChI is InChI=1S/C33H39ClN7O2Si/c1-6-13-24(18-19-43-44(33(2,3)4,25-14-9-7-10-15-25)26-16-11-8-12-17-26)38-32-31-27(35-23-36-32)21-37-41(31)22-28-29(42-5)20-30(34)40-39-28/h7-12,14-17,20-21,24H,6,13,18-19,22H2,1-5H3,(H,35,36,38)/t24-/m0/s1. The summed E-state index contributed by atoms with van der Waals surface area (Å²) in [5.74, 6) is 1.20. The second kappa shape index (κ2) is 13.8. The smallest absolute Gasteiger partial charge is 0.261 e. The zero-order valence-electron chi connectivity index (χ0n) is 25.9. The summed E-state index contributed by atoms with van der Waals surface area (Å²) in [7, 11) is -1.06.